The summed E-state index contributed by atoms with van der Waals surface area (Å²) >= 11 is 6.14. The standard InChI is InChI=1S/C13H21ClN2O/c1-9(7-10(2)17)16-13(8-15)11-5-3-4-6-12(11)14/h3-6,9-10,13,16-17H,7-8,15H2,1-2H3. The van der Waals surface area contributed by atoms with Crippen molar-refractivity contribution in [1.29, 1.82) is 0 Å². The van der Waals surface area contributed by atoms with E-state index in [4.69, 9.17) is 17.3 Å². The summed E-state index contributed by atoms with van der Waals surface area (Å²) in [5, 5.41) is 13.4. The summed E-state index contributed by atoms with van der Waals surface area (Å²) in [6.07, 6.45) is 0.378. The maximum absolute atomic E-state index is 9.34. The monoisotopic (exact) mass is 256 g/mol. The first-order valence-corrected chi connectivity index (χ1v) is 6.31. The average molecular weight is 257 g/mol. The number of halogens is 1. The number of nitrogens with two attached hydrogens (primary N) is 1. The highest BCUT2D eigenvalue weighted by Gasteiger charge is 2.16. The molecule has 1 rings (SSSR count). The van der Waals surface area contributed by atoms with Crippen LogP contribution in [0.1, 0.15) is 31.9 Å². The third-order valence-corrected chi connectivity index (χ3v) is 3.04. The zero-order valence-electron chi connectivity index (χ0n) is 10.4. The molecule has 0 spiro atoms. The van der Waals surface area contributed by atoms with Crippen molar-refractivity contribution in [2.24, 2.45) is 5.73 Å². The van der Waals surface area contributed by atoms with E-state index in [9.17, 15) is 5.11 Å². The van der Waals surface area contributed by atoms with Crippen LogP contribution in [0.2, 0.25) is 5.02 Å². The Morgan fingerprint density at radius 2 is 2.00 bits per heavy atom. The van der Waals surface area contributed by atoms with Crippen LogP contribution in [0.5, 0.6) is 0 Å². The van der Waals surface area contributed by atoms with Crippen LogP contribution < -0.4 is 11.1 Å². The number of hydrogen-bond acceptors (Lipinski definition) is 3. The SMILES string of the molecule is CC(O)CC(C)NC(CN)c1ccccc1Cl. The third-order valence-electron chi connectivity index (χ3n) is 2.70. The van der Waals surface area contributed by atoms with Crippen LogP contribution in [0.3, 0.4) is 0 Å². The minimum Gasteiger partial charge on any atom is -0.393 e. The van der Waals surface area contributed by atoms with E-state index in [1.165, 1.54) is 0 Å². The molecule has 0 saturated carbocycles. The van der Waals surface area contributed by atoms with Gasteiger partial charge in [0.2, 0.25) is 0 Å². The van der Waals surface area contributed by atoms with Crippen LogP contribution in [0.15, 0.2) is 24.3 Å². The molecule has 0 amide bonds. The van der Waals surface area contributed by atoms with Gasteiger partial charge in [0, 0.05) is 23.7 Å². The molecule has 4 N–H and O–H groups in total. The Morgan fingerprint density at radius 1 is 1.35 bits per heavy atom. The number of aliphatic hydroxyl groups excluding tert-OH is 1. The van der Waals surface area contributed by atoms with E-state index in [2.05, 4.69) is 5.32 Å². The number of aliphatic hydroxyl groups is 1. The topological polar surface area (TPSA) is 58.3 Å². The van der Waals surface area contributed by atoms with Gasteiger partial charge in [0.05, 0.1) is 6.10 Å². The molecule has 0 bridgehead atoms. The first kappa shape index (κ1) is 14.5. The molecule has 0 heterocycles. The van der Waals surface area contributed by atoms with Crippen molar-refractivity contribution in [3.8, 4) is 0 Å². The molecular formula is C13H21ClN2O. The Labute approximate surface area is 108 Å². The molecule has 0 aliphatic heterocycles. The lowest BCUT2D eigenvalue weighted by Gasteiger charge is -2.24. The second-order valence-electron chi connectivity index (χ2n) is 4.46. The number of rotatable bonds is 6. The van der Waals surface area contributed by atoms with Crippen molar-refractivity contribution in [3.63, 3.8) is 0 Å². The largest absolute Gasteiger partial charge is 0.393 e. The first-order chi connectivity index (χ1) is 8.04. The number of hydrogen-bond donors (Lipinski definition) is 3. The van der Waals surface area contributed by atoms with Gasteiger partial charge in [-0.25, -0.2) is 0 Å². The smallest absolute Gasteiger partial charge is 0.0526 e. The molecule has 1 aromatic carbocycles. The molecule has 0 radical (unpaired) electrons. The van der Waals surface area contributed by atoms with Gasteiger partial charge in [-0.15, -0.1) is 0 Å². The Hall–Kier alpha value is -0.610. The molecule has 0 aromatic heterocycles. The first-order valence-electron chi connectivity index (χ1n) is 5.93. The molecule has 3 atom stereocenters. The number of nitrogens with one attached hydrogen (secondary N) is 1. The van der Waals surface area contributed by atoms with Crippen LogP contribution in [-0.4, -0.2) is 23.8 Å². The van der Waals surface area contributed by atoms with Crippen molar-refractivity contribution in [2.45, 2.75) is 38.5 Å². The Kier molecular flexibility index (Phi) is 5.92. The zero-order chi connectivity index (χ0) is 12.8. The summed E-state index contributed by atoms with van der Waals surface area (Å²) in [6.45, 7) is 4.30. The Morgan fingerprint density at radius 3 is 2.53 bits per heavy atom. The van der Waals surface area contributed by atoms with Crippen LogP contribution in [0.4, 0.5) is 0 Å². The summed E-state index contributed by atoms with van der Waals surface area (Å²) in [4.78, 5) is 0. The molecule has 0 fully saturated rings. The fraction of sp³-hybridized carbons (Fsp3) is 0.538. The van der Waals surface area contributed by atoms with Gasteiger partial charge in [0.25, 0.3) is 0 Å². The second-order valence-corrected chi connectivity index (χ2v) is 4.87. The molecular weight excluding hydrogens is 236 g/mol. The third kappa shape index (κ3) is 4.64. The second kappa shape index (κ2) is 6.97. The lowest BCUT2D eigenvalue weighted by Crippen LogP contribution is -2.36. The molecule has 96 valence electrons. The van der Waals surface area contributed by atoms with Crippen molar-refractivity contribution < 1.29 is 5.11 Å². The van der Waals surface area contributed by atoms with Gasteiger partial charge < -0.3 is 16.2 Å². The molecule has 3 nitrogen and oxygen atoms in total. The van der Waals surface area contributed by atoms with E-state index in [-0.39, 0.29) is 18.2 Å². The summed E-state index contributed by atoms with van der Waals surface area (Å²) in [7, 11) is 0. The van der Waals surface area contributed by atoms with Gasteiger partial charge in [-0.3, -0.25) is 0 Å². The number of benzene rings is 1. The summed E-state index contributed by atoms with van der Waals surface area (Å²) < 4.78 is 0. The van der Waals surface area contributed by atoms with Crippen molar-refractivity contribution in [1.82, 2.24) is 5.32 Å². The highest BCUT2D eigenvalue weighted by molar-refractivity contribution is 6.31. The van der Waals surface area contributed by atoms with Crippen LogP contribution in [0.25, 0.3) is 0 Å². The van der Waals surface area contributed by atoms with Crippen molar-refractivity contribution >= 4 is 11.6 Å². The summed E-state index contributed by atoms with van der Waals surface area (Å²) in [5.74, 6) is 0. The molecule has 3 unspecified atom stereocenters. The van der Waals surface area contributed by atoms with Gasteiger partial charge in [-0.05, 0) is 31.9 Å². The van der Waals surface area contributed by atoms with Gasteiger partial charge in [-0.1, -0.05) is 29.8 Å². The van der Waals surface area contributed by atoms with E-state index in [1.807, 2.05) is 31.2 Å². The van der Waals surface area contributed by atoms with Crippen LogP contribution in [0, 0.1) is 0 Å². The highest BCUT2D eigenvalue weighted by Crippen LogP contribution is 2.22. The molecule has 0 saturated heterocycles. The molecule has 17 heavy (non-hydrogen) atoms. The Bertz CT molecular complexity index is 344. The van der Waals surface area contributed by atoms with E-state index < -0.39 is 0 Å². The summed E-state index contributed by atoms with van der Waals surface area (Å²) in [6, 6.07) is 7.91. The van der Waals surface area contributed by atoms with Gasteiger partial charge >= 0.3 is 0 Å². The van der Waals surface area contributed by atoms with E-state index in [1.54, 1.807) is 6.92 Å². The molecule has 0 aliphatic carbocycles. The predicted molar refractivity (Wildman–Crippen MR) is 72.1 cm³/mol. The van der Waals surface area contributed by atoms with Gasteiger partial charge in [0.15, 0.2) is 0 Å². The predicted octanol–water partition coefficient (Wildman–Crippen LogP) is 2.09. The Balaban J connectivity index is 2.69. The van der Waals surface area contributed by atoms with Gasteiger partial charge in [-0.2, -0.15) is 0 Å². The average Bonchev–Trinajstić information content (AvgIpc) is 2.26. The maximum Gasteiger partial charge on any atom is 0.0526 e. The minimum absolute atomic E-state index is 0.0254. The van der Waals surface area contributed by atoms with Gasteiger partial charge in [0.1, 0.15) is 0 Å². The van der Waals surface area contributed by atoms with Crippen LogP contribution in [-0.2, 0) is 0 Å². The molecule has 4 heteroatoms. The fourth-order valence-corrected chi connectivity index (χ4v) is 2.23. The molecule has 1 aromatic rings. The highest BCUT2D eigenvalue weighted by atomic mass is 35.5. The lowest BCUT2D eigenvalue weighted by atomic mass is 10.0. The van der Waals surface area contributed by atoms with E-state index >= 15 is 0 Å². The zero-order valence-corrected chi connectivity index (χ0v) is 11.1. The van der Waals surface area contributed by atoms with Crippen LogP contribution >= 0.6 is 11.6 Å². The fourth-order valence-electron chi connectivity index (χ4n) is 1.97. The summed E-state index contributed by atoms with van der Waals surface area (Å²) in [5.41, 5.74) is 6.78. The van der Waals surface area contributed by atoms with Crippen molar-refractivity contribution in [3.05, 3.63) is 34.9 Å². The maximum atomic E-state index is 9.34. The molecule has 0 aliphatic rings. The van der Waals surface area contributed by atoms with E-state index in [0.717, 1.165) is 10.6 Å². The van der Waals surface area contributed by atoms with E-state index in [0.29, 0.717) is 13.0 Å². The quantitative estimate of drug-likeness (QED) is 0.731. The normalized spacial score (nSPS) is 16.5. The van der Waals surface area contributed by atoms with Crippen molar-refractivity contribution in [2.75, 3.05) is 6.54 Å². The minimum atomic E-state index is -0.317. The lowest BCUT2D eigenvalue weighted by molar-refractivity contribution is 0.168.